The Labute approximate surface area is 213 Å². The van der Waals surface area contributed by atoms with E-state index in [9.17, 15) is 4.79 Å². The molecule has 0 amide bonds. The Morgan fingerprint density at radius 2 is 1.63 bits per heavy atom. The molecule has 3 aromatic rings. The number of hydrogen-bond acceptors (Lipinski definition) is 4. The van der Waals surface area contributed by atoms with E-state index in [1.165, 1.54) is 11.6 Å². The number of hydrogen-bond donors (Lipinski definition) is 1. The van der Waals surface area contributed by atoms with Crippen LogP contribution in [0.2, 0.25) is 0 Å². The largest absolute Gasteiger partial charge is 0.484 e. The molecule has 1 N–H and O–H groups in total. The van der Waals surface area contributed by atoms with Gasteiger partial charge in [-0.25, -0.2) is 4.79 Å². The Morgan fingerprint density at radius 3 is 2.17 bits per heavy atom. The van der Waals surface area contributed by atoms with Crippen LogP contribution in [0.15, 0.2) is 91.0 Å². The first-order valence-electron chi connectivity index (χ1n) is 11.9. The monoisotopic (exact) mass is 505 g/mol. The summed E-state index contributed by atoms with van der Waals surface area (Å²) in [7, 11) is 0. The Kier molecular flexibility index (Phi) is 7.61. The molecular formula is C29H32NO3PS. The van der Waals surface area contributed by atoms with Gasteiger partial charge in [-0.1, -0.05) is 99.3 Å². The third kappa shape index (κ3) is 5.59. The highest BCUT2D eigenvalue weighted by Gasteiger charge is 2.38. The van der Waals surface area contributed by atoms with Crippen LogP contribution in [0.25, 0.3) is 0 Å². The van der Waals surface area contributed by atoms with Gasteiger partial charge in [-0.2, -0.15) is 0 Å². The van der Waals surface area contributed by atoms with E-state index < -0.39 is 12.3 Å². The molecule has 0 spiro atoms. The summed E-state index contributed by atoms with van der Waals surface area (Å²) in [5, 5.41) is 6.02. The lowest BCUT2D eigenvalue weighted by atomic mass is 9.85. The zero-order valence-electron chi connectivity index (χ0n) is 20.6. The van der Waals surface area contributed by atoms with Gasteiger partial charge >= 0.3 is 5.97 Å². The molecule has 0 saturated heterocycles. The molecule has 182 valence electrons. The first-order chi connectivity index (χ1) is 16.7. The molecule has 0 saturated carbocycles. The fourth-order valence-corrected chi connectivity index (χ4v) is 7.71. The van der Waals surface area contributed by atoms with Crippen LogP contribution in [0.3, 0.4) is 0 Å². The fraction of sp³-hybridized carbons (Fsp3) is 0.276. The molecule has 35 heavy (non-hydrogen) atoms. The second-order valence-corrected chi connectivity index (χ2v) is 13.7. The van der Waals surface area contributed by atoms with Crippen LogP contribution in [-0.2, 0) is 26.8 Å². The van der Waals surface area contributed by atoms with Gasteiger partial charge in [0.05, 0.1) is 18.8 Å². The van der Waals surface area contributed by atoms with Crippen LogP contribution in [0, 0.1) is 0 Å². The predicted molar refractivity (Wildman–Crippen MR) is 148 cm³/mol. The van der Waals surface area contributed by atoms with Crippen molar-refractivity contribution in [1.29, 1.82) is 0 Å². The summed E-state index contributed by atoms with van der Waals surface area (Å²) in [6.45, 7) is 8.71. The summed E-state index contributed by atoms with van der Waals surface area (Å²) < 4.78 is 11.4. The maximum atomic E-state index is 12.1. The molecule has 1 aliphatic heterocycles. The highest BCUT2D eigenvalue weighted by Crippen LogP contribution is 2.48. The normalized spacial score (nSPS) is 17.7. The zero-order chi connectivity index (χ0) is 25.1. The summed E-state index contributed by atoms with van der Waals surface area (Å²) in [5.41, 5.74) is 2.25. The minimum Gasteiger partial charge on any atom is -0.484 e. The molecule has 4 rings (SSSR count). The quantitative estimate of drug-likeness (QED) is 0.260. The first-order valence-corrected chi connectivity index (χ1v) is 14.7. The van der Waals surface area contributed by atoms with Crippen LogP contribution in [0.4, 0.5) is 0 Å². The molecule has 3 aromatic carbocycles. The maximum absolute atomic E-state index is 12.1. The minimum atomic E-state index is -2.43. The van der Waals surface area contributed by atoms with Crippen LogP contribution in [0.5, 0.6) is 5.75 Å². The van der Waals surface area contributed by atoms with Crippen LogP contribution in [-0.4, -0.2) is 18.7 Å². The van der Waals surface area contributed by atoms with Crippen molar-refractivity contribution in [2.24, 2.45) is 0 Å². The molecule has 1 aliphatic rings. The van der Waals surface area contributed by atoms with E-state index in [1.807, 2.05) is 42.5 Å². The van der Waals surface area contributed by atoms with E-state index in [1.54, 1.807) is 13.0 Å². The smallest absolute Gasteiger partial charge is 0.330 e. The van der Waals surface area contributed by atoms with Crippen molar-refractivity contribution in [2.45, 2.75) is 45.3 Å². The Bertz CT molecular complexity index is 1210. The van der Waals surface area contributed by atoms with Gasteiger partial charge in [0.15, 0.2) is 0 Å². The molecule has 0 fully saturated rings. The second kappa shape index (κ2) is 10.5. The van der Waals surface area contributed by atoms with E-state index in [-0.39, 0.29) is 17.4 Å². The Balaban J connectivity index is 1.81. The van der Waals surface area contributed by atoms with Crippen LogP contribution < -0.4 is 20.4 Å². The molecule has 0 unspecified atom stereocenters. The van der Waals surface area contributed by atoms with Crippen LogP contribution >= 0.6 is 6.19 Å². The third-order valence-corrected chi connectivity index (χ3v) is 10.3. The van der Waals surface area contributed by atoms with Gasteiger partial charge in [0.1, 0.15) is 11.9 Å². The predicted octanol–water partition coefficient (Wildman–Crippen LogP) is 5.54. The van der Waals surface area contributed by atoms with Gasteiger partial charge in [-0.3, -0.25) is 5.09 Å². The molecule has 1 heterocycles. The van der Waals surface area contributed by atoms with Crippen molar-refractivity contribution in [3.05, 3.63) is 102 Å². The number of fused-ring (bicyclic) bond motifs is 1. The first kappa shape index (κ1) is 25.4. The molecule has 4 nitrogen and oxygen atoms in total. The van der Waals surface area contributed by atoms with Crippen molar-refractivity contribution in [1.82, 2.24) is 5.09 Å². The minimum absolute atomic E-state index is 0.0164. The second-order valence-electron chi connectivity index (χ2n) is 9.58. The SMILES string of the molecule is CCOC(=O)/C=C/[C@H]1Oc2ccc(C(C)(C)C)cc2[C@H]1NP(=S)(c1ccccc1)c1ccccc1. The number of rotatable bonds is 7. The van der Waals surface area contributed by atoms with E-state index in [4.69, 9.17) is 21.3 Å². The summed E-state index contributed by atoms with van der Waals surface area (Å²) in [5.74, 6) is 0.420. The molecule has 0 aliphatic carbocycles. The van der Waals surface area contributed by atoms with Gasteiger partial charge in [-0.15, -0.1) is 0 Å². The molecule has 0 bridgehead atoms. The number of carbonyl (C=O) groups excluding carboxylic acids is 1. The Hall–Kier alpha value is -2.72. The average Bonchev–Trinajstić information content (AvgIpc) is 3.19. The van der Waals surface area contributed by atoms with E-state index in [0.717, 1.165) is 21.9 Å². The lowest BCUT2D eigenvalue weighted by molar-refractivity contribution is -0.137. The highest BCUT2D eigenvalue weighted by atomic mass is 32.4. The molecule has 0 radical (unpaired) electrons. The van der Waals surface area contributed by atoms with Gasteiger partial charge in [0.25, 0.3) is 0 Å². The number of benzene rings is 3. The molecule has 2 atom stereocenters. The summed E-state index contributed by atoms with van der Waals surface area (Å²) in [6.07, 6.45) is 0.400. The van der Waals surface area contributed by atoms with Crippen molar-refractivity contribution in [3.63, 3.8) is 0 Å². The average molecular weight is 506 g/mol. The lowest BCUT2D eigenvalue weighted by Crippen LogP contribution is -2.35. The van der Waals surface area contributed by atoms with Crippen molar-refractivity contribution in [2.75, 3.05) is 6.61 Å². The number of esters is 1. The Morgan fingerprint density at radius 1 is 1.03 bits per heavy atom. The fourth-order valence-electron chi connectivity index (χ4n) is 4.18. The lowest BCUT2D eigenvalue weighted by Gasteiger charge is -2.30. The summed E-state index contributed by atoms with van der Waals surface area (Å²) in [4.78, 5) is 12.1. The zero-order valence-corrected chi connectivity index (χ0v) is 22.3. The summed E-state index contributed by atoms with van der Waals surface area (Å²) in [6, 6.07) is 26.6. The van der Waals surface area contributed by atoms with E-state index >= 15 is 0 Å². The van der Waals surface area contributed by atoms with E-state index in [2.05, 4.69) is 62.3 Å². The van der Waals surface area contributed by atoms with Crippen molar-refractivity contribution in [3.8, 4) is 5.75 Å². The number of ether oxygens (including phenoxy) is 2. The van der Waals surface area contributed by atoms with Crippen molar-refractivity contribution < 1.29 is 14.3 Å². The number of carbonyl (C=O) groups is 1. The van der Waals surface area contributed by atoms with Gasteiger partial charge in [0.2, 0.25) is 0 Å². The summed E-state index contributed by atoms with van der Waals surface area (Å²) >= 11 is 6.47. The van der Waals surface area contributed by atoms with Gasteiger partial charge in [0, 0.05) is 22.2 Å². The van der Waals surface area contributed by atoms with E-state index in [0.29, 0.717) is 6.61 Å². The van der Waals surface area contributed by atoms with Crippen LogP contribution in [0.1, 0.15) is 44.9 Å². The van der Waals surface area contributed by atoms with Gasteiger partial charge < -0.3 is 9.47 Å². The molecule has 0 aromatic heterocycles. The maximum Gasteiger partial charge on any atom is 0.330 e. The van der Waals surface area contributed by atoms with Gasteiger partial charge in [-0.05, 0) is 36.1 Å². The number of nitrogens with one attached hydrogen (secondary N) is 1. The topological polar surface area (TPSA) is 47.6 Å². The molecular weight excluding hydrogens is 473 g/mol. The third-order valence-electron chi connectivity index (χ3n) is 6.07. The highest BCUT2D eigenvalue weighted by molar-refractivity contribution is 8.20. The van der Waals surface area contributed by atoms with Crippen molar-refractivity contribution >= 4 is 34.6 Å². The molecule has 6 heteroatoms. The standard InChI is InChI=1S/C29H32NO3PS/c1-5-32-27(31)19-18-26-28(24-20-21(29(2,3)4)16-17-25(24)33-26)30-34(35,22-12-8-6-9-13-22)23-14-10-7-11-15-23/h6-20,26,28H,5H2,1-4H3,(H,30,35)/b19-18+/t26-,28-/m1/s1.